The molecule has 31 heavy (non-hydrogen) atoms. The van der Waals surface area contributed by atoms with Gasteiger partial charge in [-0.15, -0.1) is 0 Å². The Hall–Kier alpha value is -3.09. The fraction of sp³-hybridized carbons (Fsp3) is 0.200. The first-order valence-electron chi connectivity index (χ1n) is 9.81. The second-order valence-corrected chi connectivity index (χ2v) is 8.66. The van der Waals surface area contributed by atoms with Crippen LogP contribution in [0, 0.1) is 12.3 Å². The van der Waals surface area contributed by atoms with E-state index in [0.29, 0.717) is 22.4 Å². The number of carbonyl (C=O) groups is 2. The molecule has 1 atom stereocenters. The van der Waals surface area contributed by atoms with Gasteiger partial charge in [0.05, 0.1) is 12.0 Å². The van der Waals surface area contributed by atoms with Crippen molar-refractivity contribution in [3.8, 4) is 5.75 Å². The molecule has 0 spiro atoms. The Labute approximate surface area is 184 Å². The highest BCUT2D eigenvalue weighted by Crippen LogP contribution is 2.24. The molecule has 0 saturated carbocycles. The third-order valence-corrected chi connectivity index (χ3v) is 5.40. The Morgan fingerprint density at radius 3 is 1.97 bits per heavy atom. The molecule has 0 saturated heterocycles. The van der Waals surface area contributed by atoms with E-state index in [1.165, 1.54) is 0 Å². The molecule has 5 nitrogen and oxygen atoms in total. The highest BCUT2D eigenvalue weighted by atomic mass is 32.2. The van der Waals surface area contributed by atoms with Crippen LogP contribution >= 0.6 is 0 Å². The van der Waals surface area contributed by atoms with Gasteiger partial charge >= 0.3 is 11.4 Å². The standard InChI is InChI=1S/C25H24O5S/c1-18-9-15-22(16-10-18)30-31(28)29-17-25(2,3)24(27)21-13-11-20(12-14-21)23(26)19-7-5-4-6-8-19/h4-16H,17H2,1-3H3. The zero-order valence-corrected chi connectivity index (χ0v) is 18.5. The monoisotopic (exact) mass is 436 g/mol. The predicted octanol–water partition coefficient (Wildman–Crippen LogP) is 5.11. The fourth-order valence-corrected chi connectivity index (χ4v) is 3.58. The lowest BCUT2D eigenvalue weighted by Crippen LogP contribution is -2.30. The largest absolute Gasteiger partial charge is 0.380 e. The van der Waals surface area contributed by atoms with Crippen molar-refractivity contribution >= 4 is 22.9 Å². The molecule has 1 unspecified atom stereocenters. The first-order valence-corrected chi connectivity index (χ1v) is 10.8. The number of benzene rings is 3. The first-order chi connectivity index (χ1) is 14.8. The van der Waals surface area contributed by atoms with E-state index in [-0.39, 0.29) is 18.2 Å². The molecule has 0 aliphatic rings. The number of rotatable bonds is 9. The summed E-state index contributed by atoms with van der Waals surface area (Å²) in [4.78, 5) is 25.4. The van der Waals surface area contributed by atoms with Gasteiger partial charge in [0.1, 0.15) is 5.75 Å². The summed E-state index contributed by atoms with van der Waals surface area (Å²) in [5.41, 5.74) is 1.67. The minimum atomic E-state index is -2.02. The van der Waals surface area contributed by atoms with Crippen LogP contribution < -0.4 is 4.18 Å². The van der Waals surface area contributed by atoms with Crippen LogP contribution in [-0.2, 0) is 15.5 Å². The van der Waals surface area contributed by atoms with Crippen LogP contribution in [0.2, 0.25) is 0 Å². The summed E-state index contributed by atoms with van der Waals surface area (Å²) >= 11 is -2.02. The van der Waals surface area contributed by atoms with E-state index in [2.05, 4.69) is 0 Å². The molecular formula is C25H24O5S. The third kappa shape index (κ3) is 5.96. The molecule has 0 radical (unpaired) electrons. The lowest BCUT2D eigenvalue weighted by molar-refractivity contribution is 0.0757. The van der Waals surface area contributed by atoms with Gasteiger partial charge in [-0.3, -0.25) is 13.8 Å². The summed E-state index contributed by atoms with van der Waals surface area (Å²) in [6.07, 6.45) is 0. The zero-order chi connectivity index (χ0) is 22.4. The van der Waals surface area contributed by atoms with E-state index in [1.807, 2.05) is 25.1 Å². The first kappa shape index (κ1) is 22.6. The van der Waals surface area contributed by atoms with Crippen LogP contribution in [0.5, 0.6) is 5.75 Å². The van der Waals surface area contributed by atoms with Crippen LogP contribution in [0.25, 0.3) is 0 Å². The average Bonchev–Trinajstić information content (AvgIpc) is 2.79. The number of aryl methyl sites for hydroxylation is 1. The Bertz CT molecular complexity index is 1070. The molecule has 0 fully saturated rings. The number of carbonyl (C=O) groups excluding carboxylic acids is 2. The van der Waals surface area contributed by atoms with E-state index in [4.69, 9.17) is 8.37 Å². The van der Waals surface area contributed by atoms with Crippen LogP contribution in [0.3, 0.4) is 0 Å². The van der Waals surface area contributed by atoms with Gasteiger partial charge < -0.3 is 4.18 Å². The van der Waals surface area contributed by atoms with Crippen LogP contribution in [-0.4, -0.2) is 22.4 Å². The highest BCUT2D eigenvalue weighted by molar-refractivity contribution is 7.75. The maximum atomic E-state index is 12.9. The van der Waals surface area contributed by atoms with Crippen molar-refractivity contribution in [1.29, 1.82) is 0 Å². The van der Waals surface area contributed by atoms with Crippen molar-refractivity contribution in [2.75, 3.05) is 6.61 Å². The second-order valence-electron chi connectivity index (χ2n) is 7.85. The summed E-state index contributed by atoms with van der Waals surface area (Å²) in [6.45, 7) is 5.27. The van der Waals surface area contributed by atoms with E-state index in [1.54, 1.807) is 74.5 Å². The highest BCUT2D eigenvalue weighted by Gasteiger charge is 2.30. The summed E-state index contributed by atoms with van der Waals surface area (Å²) < 4.78 is 22.6. The van der Waals surface area contributed by atoms with Gasteiger partial charge in [-0.1, -0.05) is 86.1 Å². The molecule has 6 heteroatoms. The molecule has 3 rings (SSSR count). The van der Waals surface area contributed by atoms with Gasteiger partial charge in [-0.2, -0.15) is 4.21 Å². The maximum absolute atomic E-state index is 12.9. The summed E-state index contributed by atoms with van der Waals surface area (Å²) in [7, 11) is 0. The molecule has 0 heterocycles. The van der Waals surface area contributed by atoms with Crippen molar-refractivity contribution in [2.45, 2.75) is 20.8 Å². The third-order valence-electron chi connectivity index (χ3n) is 4.76. The minimum absolute atomic E-state index is 0.0883. The summed E-state index contributed by atoms with van der Waals surface area (Å²) in [6, 6.07) is 22.6. The summed E-state index contributed by atoms with van der Waals surface area (Å²) in [5.74, 6) is 0.135. The normalized spacial score (nSPS) is 12.2. The van der Waals surface area contributed by atoms with Gasteiger partial charge in [0.15, 0.2) is 11.6 Å². The van der Waals surface area contributed by atoms with Crippen LogP contribution in [0.4, 0.5) is 0 Å². The fourth-order valence-electron chi connectivity index (χ4n) is 2.88. The topological polar surface area (TPSA) is 69.7 Å². The van der Waals surface area contributed by atoms with Crippen molar-refractivity contribution < 1.29 is 22.2 Å². The second kappa shape index (κ2) is 9.81. The lowest BCUT2D eigenvalue weighted by Gasteiger charge is -2.22. The van der Waals surface area contributed by atoms with Gasteiger partial charge in [0.2, 0.25) is 0 Å². The van der Waals surface area contributed by atoms with Gasteiger partial charge in [-0.25, -0.2) is 0 Å². The Balaban J connectivity index is 1.60. The Morgan fingerprint density at radius 2 is 1.35 bits per heavy atom. The quantitative estimate of drug-likeness (QED) is 0.436. The molecule has 0 bridgehead atoms. The van der Waals surface area contributed by atoms with Crippen molar-refractivity contribution in [3.63, 3.8) is 0 Å². The summed E-state index contributed by atoms with van der Waals surface area (Å²) in [5, 5.41) is 0. The molecule has 0 aliphatic heterocycles. The lowest BCUT2D eigenvalue weighted by atomic mass is 9.85. The number of hydrogen-bond acceptors (Lipinski definition) is 5. The molecule has 0 aromatic heterocycles. The van der Waals surface area contributed by atoms with E-state index in [9.17, 15) is 13.8 Å². The van der Waals surface area contributed by atoms with E-state index >= 15 is 0 Å². The van der Waals surface area contributed by atoms with E-state index < -0.39 is 16.8 Å². The average molecular weight is 437 g/mol. The molecule has 160 valence electrons. The maximum Gasteiger partial charge on any atom is 0.360 e. The Morgan fingerprint density at radius 1 is 0.806 bits per heavy atom. The molecular weight excluding hydrogens is 412 g/mol. The van der Waals surface area contributed by atoms with Crippen LogP contribution in [0.1, 0.15) is 45.7 Å². The van der Waals surface area contributed by atoms with Gasteiger partial charge in [-0.05, 0) is 19.1 Å². The minimum Gasteiger partial charge on any atom is -0.380 e. The van der Waals surface area contributed by atoms with Crippen molar-refractivity contribution in [2.24, 2.45) is 5.41 Å². The molecule has 0 aliphatic carbocycles. The molecule has 0 N–H and O–H groups in total. The van der Waals surface area contributed by atoms with Crippen LogP contribution in [0.15, 0.2) is 78.9 Å². The smallest absolute Gasteiger partial charge is 0.360 e. The predicted molar refractivity (Wildman–Crippen MR) is 120 cm³/mol. The molecule has 3 aromatic rings. The van der Waals surface area contributed by atoms with Gasteiger partial charge in [0.25, 0.3) is 0 Å². The van der Waals surface area contributed by atoms with Crippen molar-refractivity contribution in [1.82, 2.24) is 0 Å². The zero-order valence-electron chi connectivity index (χ0n) is 17.7. The number of hydrogen-bond donors (Lipinski definition) is 0. The van der Waals surface area contributed by atoms with Gasteiger partial charge in [0, 0.05) is 16.7 Å². The number of Topliss-reactive ketones (excluding diaryl/α,β-unsaturated/α-hetero) is 1. The number of ketones is 2. The van der Waals surface area contributed by atoms with E-state index in [0.717, 1.165) is 5.56 Å². The molecule has 0 amide bonds. The Kier molecular flexibility index (Phi) is 7.15. The van der Waals surface area contributed by atoms with Crippen molar-refractivity contribution in [3.05, 3.63) is 101 Å². The SMILES string of the molecule is Cc1ccc(OS(=O)OCC(C)(C)C(=O)c2ccc(C(=O)c3ccccc3)cc2)cc1. The molecule has 3 aromatic carbocycles.